The lowest BCUT2D eigenvalue weighted by Gasteiger charge is -2.19. The topological polar surface area (TPSA) is 119 Å². The molecule has 148 valence electrons. The van der Waals surface area contributed by atoms with Crippen molar-refractivity contribution in [3.63, 3.8) is 0 Å². The Bertz CT molecular complexity index is 433. The molecule has 0 rings (SSSR count). The molecule has 7 nitrogen and oxygen atoms in total. The third-order valence-electron chi connectivity index (χ3n) is 2.72. The quantitative estimate of drug-likeness (QED) is 0.536. The summed E-state index contributed by atoms with van der Waals surface area (Å²) in [5.74, 6) is -2.35. The Morgan fingerprint density at radius 1 is 1.28 bits per heavy atom. The van der Waals surface area contributed by atoms with Crippen LogP contribution >= 0.6 is 11.8 Å². The highest BCUT2D eigenvalue weighted by Crippen LogP contribution is 2.13. The third kappa shape index (κ3) is 13.5. The zero-order valence-electron chi connectivity index (χ0n) is 14.6. The van der Waals surface area contributed by atoms with Crippen LogP contribution in [0.25, 0.3) is 0 Å². The molecule has 0 saturated carbocycles. The summed E-state index contributed by atoms with van der Waals surface area (Å²) in [7, 11) is 1.31. The fraction of sp³-hybridized carbons (Fsp3) is 0.786. The molecule has 0 spiro atoms. The molecule has 11 heteroatoms. The maximum absolute atomic E-state index is 11.8. The molecule has 0 unspecified atom stereocenters. The molecule has 25 heavy (non-hydrogen) atoms. The lowest BCUT2D eigenvalue weighted by atomic mass is 10.0. The van der Waals surface area contributed by atoms with Gasteiger partial charge in [-0.05, 0) is 30.8 Å². The van der Waals surface area contributed by atoms with Crippen molar-refractivity contribution in [2.45, 2.75) is 44.9 Å². The molecule has 0 aliphatic carbocycles. The van der Waals surface area contributed by atoms with Crippen molar-refractivity contribution in [3.8, 4) is 0 Å². The van der Waals surface area contributed by atoms with Crippen molar-refractivity contribution in [1.82, 2.24) is 5.32 Å². The van der Waals surface area contributed by atoms with E-state index in [-0.39, 0.29) is 5.91 Å². The number of thioether (sulfide) groups is 1. The fourth-order valence-electron chi connectivity index (χ4n) is 1.52. The van der Waals surface area contributed by atoms with Crippen LogP contribution in [0.1, 0.15) is 26.7 Å². The Morgan fingerprint density at radius 3 is 2.08 bits per heavy atom. The Labute approximate surface area is 148 Å². The van der Waals surface area contributed by atoms with Gasteiger partial charge in [0.2, 0.25) is 5.91 Å². The molecular formula is C14H25F3N2O5S. The number of hydrogen-bond donors (Lipinski definition) is 3. The van der Waals surface area contributed by atoms with E-state index in [4.69, 9.17) is 15.6 Å². The van der Waals surface area contributed by atoms with E-state index in [0.717, 1.165) is 5.75 Å². The summed E-state index contributed by atoms with van der Waals surface area (Å²) in [6.45, 7) is 4.00. The first-order valence-corrected chi connectivity index (χ1v) is 8.68. The van der Waals surface area contributed by atoms with Crippen molar-refractivity contribution >= 4 is 29.6 Å². The molecule has 0 bridgehead atoms. The normalized spacial score (nSPS) is 13.3. The SMILES string of the molecule is COC(=O)[C@H](CCSC)NC(=O)[C@@H](N)CC(C)C.O=C(O)C(F)(F)F. The number of carbonyl (C=O) groups excluding carboxylic acids is 2. The van der Waals surface area contributed by atoms with E-state index in [1.807, 2.05) is 20.1 Å². The number of alkyl halides is 3. The van der Waals surface area contributed by atoms with Crippen molar-refractivity contribution in [2.24, 2.45) is 11.7 Å². The number of halogens is 3. The molecule has 4 N–H and O–H groups in total. The lowest BCUT2D eigenvalue weighted by Crippen LogP contribution is -2.49. The summed E-state index contributed by atoms with van der Waals surface area (Å²) in [6.07, 6.45) is -1.99. The Morgan fingerprint density at radius 2 is 1.76 bits per heavy atom. The summed E-state index contributed by atoms with van der Waals surface area (Å²) >= 11 is 1.61. The van der Waals surface area contributed by atoms with Gasteiger partial charge in [0.15, 0.2) is 0 Å². The highest BCUT2D eigenvalue weighted by Gasteiger charge is 2.38. The number of amides is 1. The number of carbonyl (C=O) groups is 3. The minimum atomic E-state index is -5.08. The van der Waals surface area contributed by atoms with E-state index >= 15 is 0 Å². The molecule has 2 atom stereocenters. The van der Waals surface area contributed by atoms with Crippen molar-refractivity contribution in [2.75, 3.05) is 19.1 Å². The van der Waals surface area contributed by atoms with Crippen LogP contribution in [-0.2, 0) is 19.1 Å². The first-order valence-electron chi connectivity index (χ1n) is 7.29. The zero-order chi connectivity index (χ0) is 20.2. The molecule has 0 aromatic rings. The third-order valence-corrected chi connectivity index (χ3v) is 3.36. The number of carboxylic acids is 1. The first kappa shape index (κ1) is 25.7. The number of nitrogens with two attached hydrogens (primary N) is 1. The number of hydrogen-bond acceptors (Lipinski definition) is 6. The van der Waals surface area contributed by atoms with Gasteiger partial charge in [0.25, 0.3) is 0 Å². The summed E-state index contributed by atoms with van der Waals surface area (Å²) in [6, 6.07) is -1.18. The lowest BCUT2D eigenvalue weighted by molar-refractivity contribution is -0.192. The number of aliphatic carboxylic acids is 1. The number of methoxy groups -OCH3 is 1. The molecule has 0 aliphatic rings. The number of esters is 1. The van der Waals surface area contributed by atoms with E-state index in [0.29, 0.717) is 18.8 Å². The highest BCUT2D eigenvalue weighted by molar-refractivity contribution is 7.98. The molecule has 0 saturated heterocycles. The average molecular weight is 390 g/mol. The number of carboxylic acid groups (broad SMARTS) is 1. The first-order chi connectivity index (χ1) is 11.4. The van der Waals surface area contributed by atoms with Gasteiger partial charge in [0.1, 0.15) is 6.04 Å². The van der Waals surface area contributed by atoms with Gasteiger partial charge in [-0.25, -0.2) is 9.59 Å². The van der Waals surface area contributed by atoms with E-state index in [1.54, 1.807) is 11.8 Å². The molecule has 0 aliphatic heterocycles. The maximum Gasteiger partial charge on any atom is 0.490 e. The van der Waals surface area contributed by atoms with E-state index in [2.05, 4.69) is 10.1 Å². The van der Waals surface area contributed by atoms with Crippen LogP contribution < -0.4 is 11.1 Å². The smallest absolute Gasteiger partial charge is 0.475 e. The second kappa shape index (κ2) is 12.8. The average Bonchev–Trinajstić information content (AvgIpc) is 2.49. The second-order valence-electron chi connectivity index (χ2n) is 5.40. The molecule has 1 amide bonds. The Balaban J connectivity index is 0. The van der Waals surface area contributed by atoms with Crippen molar-refractivity contribution in [3.05, 3.63) is 0 Å². The van der Waals surface area contributed by atoms with Gasteiger partial charge in [-0.2, -0.15) is 24.9 Å². The molecule has 0 aromatic carbocycles. The van der Waals surface area contributed by atoms with Gasteiger partial charge >= 0.3 is 18.1 Å². The number of rotatable bonds is 8. The van der Waals surface area contributed by atoms with Crippen molar-refractivity contribution < 1.29 is 37.4 Å². The van der Waals surface area contributed by atoms with Crippen LogP contribution in [0.4, 0.5) is 13.2 Å². The van der Waals surface area contributed by atoms with Gasteiger partial charge in [-0.1, -0.05) is 13.8 Å². The second-order valence-corrected chi connectivity index (χ2v) is 6.39. The highest BCUT2D eigenvalue weighted by atomic mass is 32.2. The van der Waals surface area contributed by atoms with Crippen LogP contribution in [0, 0.1) is 5.92 Å². The van der Waals surface area contributed by atoms with Gasteiger partial charge in [-0.15, -0.1) is 0 Å². The predicted molar refractivity (Wildman–Crippen MR) is 88.1 cm³/mol. The molecule has 0 heterocycles. The zero-order valence-corrected chi connectivity index (χ0v) is 15.4. The summed E-state index contributed by atoms with van der Waals surface area (Å²) < 4.78 is 36.4. The summed E-state index contributed by atoms with van der Waals surface area (Å²) in [4.78, 5) is 32.2. The number of nitrogens with one attached hydrogen (secondary N) is 1. The standard InChI is InChI=1S/C12H24N2O3S.C2HF3O2/c1-8(2)7-9(13)11(15)14-10(5-6-18-4)12(16)17-3;3-2(4,5)1(6)7/h8-10H,5-7,13H2,1-4H3,(H,14,15);(H,6,7)/t9-,10-;/m0./s1. The van der Waals surface area contributed by atoms with Crippen LogP contribution in [0.3, 0.4) is 0 Å². The van der Waals surface area contributed by atoms with Crippen molar-refractivity contribution in [1.29, 1.82) is 0 Å². The monoisotopic (exact) mass is 390 g/mol. The summed E-state index contributed by atoms with van der Waals surface area (Å²) in [5.41, 5.74) is 5.77. The minimum absolute atomic E-state index is 0.291. The van der Waals surface area contributed by atoms with Crippen LogP contribution in [0.15, 0.2) is 0 Å². The van der Waals surface area contributed by atoms with Crippen LogP contribution in [-0.4, -0.2) is 60.3 Å². The Kier molecular flexibility index (Phi) is 13.2. The van der Waals surface area contributed by atoms with Gasteiger partial charge in [0, 0.05) is 0 Å². The largest absolute Gasteiger partial charge is 0.490 e. The van der Waals surface area contributed by atoms with E-state index in [9.17, 15) is 22.8 Å². The van der Waals surface area contributed by atoms with E-state index < -0.39 is 30.2 Å². The minimum Gasteiger partial charge on any atom is -0.475 e. The Hall–Kier alpha value is -1.49. The molecule has 0 aromatic heterocycles. The molecule has 0 fully saturated rings. The summed E-state index contributed by atoms with van der Waals surface area (Å²) in [5, 5.41) is 9.78. The molecule has 0 radical (unpaired) electrons. The van der Waals surface area contributed by atoms with Gasteiger partial charge < -0.3 is 20.9 Å². The van der Waals surface area contributed by atoms with Gasteiger partial charge in [-0.3, -0.25) is 4.79 Å². The van der Waals surface area contributed by atoms with Crippen LogP contribution in [0.2, 0.25) is 0 Å². The number of ether oxygens (including phenoxy) is 1. The van der Waals surface area contributed by atoms with Gasteiger partial charge in [0.05, 0.1) is 13.2 Å². The van der Waals surface area contributed by atoms with Crippen LogP contribution in [0.5, 0.6) is 0 Å². The predicted octanol–water partition coefficient (Wildman–Crippen LogP) is 1.40. The van der Waals surface area contributed by atoms with E-state index in [1.165, 1.54) is 7.11 Å². The maximum atomic E-state index is 11.8. The fourth-order valence-corrected chi connectivity index (χ4v) is 1.99. The molecular weight excluding hydrogens is 365 g/mol.